The zero-order valence-corrected chi connectivity index (χ0v) is 14.9. The quantitative estimate of drug-likeness (QED) is 0.557. The minimum Gasteiger partial charge on any atom is -0.343 e. The van der Waals surface area contributed by atoms with E-state index in [9.17, 15) is 9.18 Å². The molecular formula is C21H17FN4O. The molecule has 0 aliphatic heterocycles. The number of aromatic nitrogens is 3. The topological polar surface area (TPSA) is 50.5 Å². The molecule has 27 heavy (non-hydrogen) atoms. The molecule has 4 aromatic rings. The second-order valence-electron chi connectivity index (χ2n) is 6.37. The summed E-state index contributed by atoms with van der Waals surface area (Å²) in [5.41, 5.74) is 4.51. The number of pyridine rings is 2. The van der Waals surface area contributed by atoms with Crippen molar-refractivity contribution in [3.8, 4) is 22.4 Å². The third kappa shape index (κ3) is 2.95. The number of fused-ring (bicyclic) bond motifs is 1. The van der Waals surface area contributed by atoms with Crippen LogP contribution in [0.4, 0.5) is 4.39 Å². The number of halogens is 1. The van der Waals surface area contributed by atoms with Crippen LogP contribution in [0.2, 0.25) is 0 Å². The largest absolute Gasteiger partial charge is 0.343 e. The van der Waals surface area contributed by atoms with E-state index in [-0.39, 0.29) is 11.7 Å². The van der Waals surface area contributed by atoms with Gasteiger partial charge in [0.05, 0.1) is 5.52 Å². The Hall–Kier alpha value is -3.54. The summed E-state index contributed by atoms with van der Waals surface area (Å²) in [6, 6.07) is 15.5. The minimum atomic E-state index is -0.309. The fourth-order valence-electron chi connectivity index (χ4n) is 3.07. The number of nitrogens with zero attached hydrogens (tertiary/aromatic N) is 4. The predicted octanol–water partition coefficient (Wildman–Crippen LogP) is 3.90. The van der Waals surface area contributed by atoms with Gasteiger partial charge in [0.2, 0.25) is 0 Å². The molecule has 0 radical (unpaired) electrons. The molecule has 0 fully saturated rings. The van der Waals surface area contributed by atoms with Gasteiger partial charge in [-0.2, -0.15) is 5.10 Å². The maximum atomic E-state index is 13.4. The summed E-state index contributed by atoms with van der Waals surface area (Å²) < 4.78 is 15.1. The smallest absolute Gasteiger partial charge is 0.272 e. The van der Waals surface area contributed by atoms with E-state index in [1.165, 1.54) is 17.0 Å². The summed E-state index contributed by atoms with van der Waals surface area (Å²) >= 11 is 0. The van der Waals surface area contributed by atoms with E-state index < -0.39 is 0 Å². The fraction of sp³-hybridized carbons (Fsp3) is 0.0952. The van der Waals surface area contributed by atoms with E-state index in [2.05, 4.69) is 4.98 Å². The van der Waals surface area contributed by atoms with Crippen LogP contribution in [0.15, 0.2) is 67.0 Å². The third-order valence-corrected chi connectivity index (χ3v) is 4.37. The van der Waals surface area contributed by atoms with Gasteiger partial charge in [0.15, 0.2) is 0 Å². The van der Waals surface area contributed by atoms with E-state index in [0.717, 1.165) is 22.2 Å². The second-order valence-corrected chi connectivity index (χ2v) is 6.37. The standard InChI is InChI=1S/C21H17FN4O/c1-25(2)21(27)18-5-3-4-17-19(14-10-12-23-13-11-14)20(24-26(17)18)15-6-8-16(22)9-7-15/h3-13H,1-2H3. The van der Waals surface area contributed by atoms with Crippen molar-refractivity contribution in [2.75, 3.05) is 14.1 Å². The molecule has 5 nitrogen and oxygen atoms in total. The molecule has 0 saturated carbocycles. The molecule has 0 atom stereocenters. The molecule has 3 heterocycles. The van der Waals surface area contributed by atoms with Gasteiger partial charge in [-0.3, -0.25) is 9.78 Å². The Kier molecular flexibility index (Phi) is 4.16. The van der Waals surface area contributed by atoms with Crippen molar-refractivity contribution in [2.45, 2.75) is 0 Å². The summed E-state index contributed by atoms with van der Waals surface area (Å²) in [5.74, 6) is -0.452. The van der Waals surface area contributed by atoms with Gasteiger partial charge in [-0.15, -0.1) is 0 Å². The molecule has 0 spiro atoms. The van der Waals surface area contributed by atoms with E-state index in [1.54, 1.807) is 49.2 Å². The van der Waals surface area contributed by atoms with Gasteiger partial charge in [0.1, 0.15) is 17.2 Å². The van der Waals surface area contributed by atoms with Crippen molar-refractivity contribution >= 4 is 11.4 Å². The lowest BCUT2D eigenvalue weighted by atomic mass is 10.0. The predicted molar refractivity (Wildman–Crippen MR) is 102 cm³/mol. The molecule has 0 saturated heterocycles. The first-order chi connectivity index (χ1) is 13.1. The van der Waals surface area contributed by atoms with Crippen molar-refractivity contribution < 1.29 is 9.18 Å². The molecule has 1 amide bonds. The van der Waals surface area contributed by atoms with Gasteiger partial charge in [-0.25, -0.2) is 8.91 Å². The molecule has 134 valence electrons. The Morgan fingerprint density at radius 1 is 0.963 bits per heavy atom. The Balaban J connectivity index is 2.05. The molecule has 4 rings (SSSR count). The molecule has 1 aromatic carbocycles. The lowest BCUT2D eigenvalue weighted by Crippen LogP contribution is -2.24. The van der Waals surface area contributed by atoms with Crippen LogP contribution in [-0.4, -0.2) is 39.5 Å². The number of carbonyl (C=O) groups excluding carboxylic acids is 1. The highest BCUT2D eigenvalue weighted by Gasteiger charge is 2.20. The molecule has 0 unspecified atom stereocenters. The Morgan fingerprint density at radius 3 is 2.33 bits per heavy atom. The fourth-order valence-corrected chi connectivity index (χ4v) is 3.07. The molecule has 0 aliphatic rings. The van der Waals surface area contributed by atoms with Crippen molar-refractivity contribution in [1.82, 2.24) is 19.5 Å². The maximum Gasteiger partial charge on any atom is 0.272 e. The van der Waals surface area contributed by atoms with Crippen LogP contribution >= 0.6 is 0 Å². The zero-order chi connectivity index (χ0) is 19.0. The number of amides is 1. The van der Waals surface area contributed by atoms with Gasteiger partial charge >= 0.3 is 0 Å². The monoisotopic (exact) mass is 360 g/mol. The first-order valence-electron chi connectivity index (χ1n) is 8.46. The summed E-state index contributed by atoms with van der Waals surface area (Å²) in [6.07, 6.45) is 3.42. The first-order valence-corrected chi connectivity index (χ1v) is 8.46. The number of benzene rings is 1. The van der Waals surface area contributed by atoms with Crippen LogP contribution in [-0.2, 0) is 0 Å². The van der Waals surface area contributed by atoms with E-state index >= 15 is 0 Å². The Labute approximate surface area is 155 Å². The second kappa shape index (κ2) is 6.64. The normalized spacial score (nSPS) is 10.9. The van der Waals surface area contributed by atoms with E-state index in [1.807, 2.05) is 24.3 Å². The van der Waals surface area contributed by atoms with Crippen molar-refractivity contribution in [2.24, 2.45) is 0 Å². The van der Waals surface area contributed by atoms with E-state index in [0.29, 0.717) is 11.4 Å². The summed E-state index contributed by atoms with van der Waals surface area (Å²) in [4.78, 5) is 18.2. The number of rotatable bonds is 3. The van der Waals surface area contributed by atoms with Gasteiger partial charge < -0.3 is 4.90 Å². The average Bonchev–Trinajstić information content (AvgIpc) is 3.08. The molecule has 6 heteroatoms. The Bertz CT molecular complexity index is 1120. The number of hydrogen-bond donors (Lipinski definition) is 0. The van der Waals surface area contributed by atoms with Crippen LogP contribution in [0.3, 0.4) is 0 Å². The average molecular weight is 360 g/mol. The number of carbonyl (C=O) groups is 1. The van der Waals surface area contributed by atoms with Crippen molar-refractivity contribution in [1.29, 1.82) is 0 Å². The van der Waals surface area contributed by atoms with Gasteiger partial charge in [0, 0.05) is 37.6 Å². The first kappa shape index (κ1) is 16.9. The van der Waals surface area contributed by atoms with Gasteiger partial charge in [0.25, 0.3) is 5.91 Å². The van der Waals surface area contributed by atoms with E-state index in [4.69, 9.17) is 5.10 Å². The highest BCUT2D eigenvalue weighted by atomic mass is 19.1. The van der Waals surface area contributed by atoms with Crippen LogP contribution in [0, 0.1) is 5.82 Å². The number of hydrogen-bond acceptors (Lipinski definition) is 3. The highest BCUT2D eigenvalue weighted by molar-refractivity contribution is 5.97. The maximum absolute atomic E-state index is 13.4. The molecule has 0 bridgehead atoms. The van der Waals surface area contributed by atoms with Crippen LogP contribution in [0.5, 0.6) is 0 Å². The van der Waals surface area contributed by atoms with Crippen molar-refractivity contribution in [3.05, 3.63) is 78.5 Å². The highest BCUT2D eigenvalue weighted by Crippen LogP contribution is 2.35. The van der Waals surface area contributed by atoms with Crippen molar-refractivity contribution in [3.63, 3.8) is 0 Å². The Morgan fingerprint density at radius 2 is 1.67 bits per heavy atom. The molecule has 0 N–H and O–H groups in total. The van der Waals surface area contributed by atoms with Gasteiger partial charge in [-0.1, -0.05) is 6.07 Å². The molecule has 0 aliphatic carbocycles. The third-order valence-electron chi connectivity index (χ3n) is 4.37. The zero-order valence-electron chi connectivity index (χ0n) is 14.9. The minimum absolute atomic E-state index is 0.143. The summed E-state index contributed by atoms with van der Waals surface area (Å²) in [7, 11) is 3.41. The molecular weight excluding hydrogens is 343 g/mol. The summed E-state index contributed by atoms with van der Waals surface area (Å²) in [5, 5.41) is 4.72. The van der Waals surface area contributed by atoms with Crippen LogP contribution in [0.25, 0.3) is 27.9 Å². The van der Waals surface area contributed by atoms with Crippen LogP contribution in [0.1, 0.15) is 10.5 Å². The summed E-state index contributed by atoms with van der Waals surface area (Å²) in [6.45, 7) is 0. The van der Waals surface area contributed by atoms with Crippen LogP contribution < -0.4 is 0 Å². The molecule has 3 aromatic heterocycles. The lowest BCUT2D eigenvalue weighted by Gasteiger charge is -2.11. The van der Waals surface area contributed by atoms with Gasteiger partial charge in [-0.05, 0) is 54.1 Å². The SMILES string of the molecule is CN(C)C(=O)c1cccc2c(-c3ccncc3)c(-c3ccc(F)cc3)nn12. The lowest BCUT2D eigenvalue weighted by molar-refractivity contribution is 0.0819.